The van der Waals surface area contributed by atoms with Gasteiger partial charge in [-0.25, -0.2) is 8.78 Å². The number of piperazine rings is 1. The van der Waals surface area contributed by atoms with Crippen molar-refractivity contribution in [3.63, 3.8) is 0 Å². The van der Waals surface area contributed by atoms with E-state index in [1.165, 1.54) is 6.07 Å². The van der Waals surface area contributed by atoms with Gasteiger partial charge in [-0.1, -0.05) is 18.2 Å². The molecular formula is C25H29F2N5O. The van der Waals surface area contributed by atoms with Gasteiger partial charge in [-0.3, -0.25) is 4.90 Å². The van der Waals surface area contributed by atoms with Gasteiger partial charge < -0.3 is 15.0 Å². The smallest absolute Gasteiger partial charge is 0.270 e. The predicted octanol–water partition coefficient (Wildman–Crippen LogP) is 4.44. The molecule has 0 unspecified atom stereocenters. The number of ether oxygens (including phenoxy) is 1. The summed E-state index contributed by atoms with van der Waals surface area (Å²) >= 11 is 0. The first kappa shape index (κ1) is 22.0. The number of hydrogen-bond acceptors (Lipinski definition) is 6. The zero-order chi connectivity index (χ0) is 23.0. The summed E-state index contributed by atoms with van der Waals surface area (Å²) < 4.78 is 33.3. The van der Waals surface area contributed by atoms with Crippen LogP contribution in [0.3, 0.4) is 0 Å². The van der Waals surface area contributed by atoms with Crippen LogP contribution in [0.4, 0.5) is 20.2 Å². The maximum atomic E-state index is 13.8. The van der Waals surface area contributed by atoms with Crippen LogP contribution < -0.4 is 10.2 Å². The van der Waals surface area contributed by atoms with Crippen LogP contribution in [0.2, 0.25) is 0 Å². The monoisotopic (exact) mass is 453 g/mol. The van der Waals surface area contributed by atoms with Crippen LogP contribution >= 0.6 is 0 Å². The molecule has 0 saturated carbocycles. The third-order valence-electron chi connectivity index (χ3n) is 6.69. The van der Waals surface area contributed by atoms with Crippen molar-refractivity contribution in [2.45, 2.75) is 31.9 Å². The molecule has 2 aromatic carbocycles. The molecule has 2 fully saturated rings. The third kappa shape index (κ3) is 4.63. The van der Waals surface area contributed by atoms with Gasteiger partial charge >= 0.3 is 0 Å². The van der Waals surface area contributed by atoms with E-state index in [1.54, 1.807) is 18.3 Å². The number of alkyl halides is 2. The first-order chi connectivity index (χ1) is 15.9. The second-order valence-electron chi connectivity index (χ2n) is 9.05. The number of anilines is 2. The Hall–Kier alpha value is -2.84. The first-order valence-corrected chi connectivity index (χ1v) is 11.5. The number of benzene rings is 2. The SMILES string of the molecule is C[C@@H](Nc1cnnc2ccc(N3CCN4CCOC[C@@H]4C3)cc12)c1cccc(C(C)(F)F)c1. The molecule has 6 nitrogen and oxygen atoms in total. The van der Waals surface area contributed by atoms with Gasteiger partial charge in [0, 0.05) is 55.8 Å². The lowest BCUT2D eigenvalue weighted by atomic mass is 10.0. The van der Waals surface area contributed by atoms with Gasteiger partial charge in [0.15, 0.2) is 0 Å². The van der Waals surface area contributed by atoms with Crippen molar-refractivity contribution in [3.05, 3.63) is 59.8 Å². The molecule has 1 aromatic heterocycles. The van der Waals surface area contributed by atoms with E-state index in [9.17, 15) is 8.78 Å². The Labute approximate surface area is 192 Å². The lowest BCUT2D eigenvalue weighted by molar-refractivity contribution is -0.0116. The van der Waals surface area contributed by atoms with Crippen molar-refractivity contribution in [2.75, 3.05) is 49.6 Å². The van der Waals surface area contributed by atoms with E-state index >= 15 is 0 Å². The van der Waals surface area contributed by atoms with Gasteiger partial charge in [-0.15, -0.1) is 0 Å². The summed E-state index contributed by atoms with van der Waals surface area (Å²) in [4.78, 5) is 4.91. The van der Waals surface area contributed by atoms with Crippen LogP contribution in [0.1, 0.15) is 31.0 Å². The molecule has 174 valence electrons. The van der Waals surface area contributed by atoms with Gasteiger partial charge in [0.1, 0.15) is 0 Å². The number of fused-ring (bicyclic) bond motifs is 2. The fourth-order valence-electron chi connectivity index (χ4n) is 4.74. The van der Waals surface area contributed by atoms with Gasteiger partial charge in [0.2, 0.25) is 0 Å². The number of halogens is 2. The van der Waals surface area contributed by atoms with Crippen LogP contribution in [-0.2, 0) is 10.7 Å². The topological polar surface area (TPSA) is 53.5 Å². The fourth-order valence-corrected chi connectivity index (χ4v) is 4.74. The molecule has 8 heteroatoms. The van der Waals surface area contributed by atoms with E-state index in [0.29, 0.717) is 6.04 Å². The molecule has 5 rings (SSSR count). The molecule has 0 aliphatic carbocycles. The quantitative estimate of drug-likeness (QED) is 0.617. The number of hydrogen-bond donors (Lipinski definition) is 1. The summed E-state index contributed by atoms with van der Waals surface area (Å²) in [5, 5.41) is 12.9. The van der Waals surface area contributed by atoms with E-state index < -0.39 is 5.92 Å². The van der Waals surface area contributed by atoms with Crippen LogP contribution in [0.25, 0.3) is 10.9 Å². The molecule has 3 heterocycles. The normalized spacial score (nSPS) is 20.5. The summed E-state index contributed by atoms with van der Waals surface area (Å²) in [7, 11) is 0. The fraction of sp³-hybridized carbons (Fsp3) is 0.440. The van der Waals surface area contributed by atoms with Gasteiger partial charge in [-0.2, -0.15) is 10.2 Å². The van der Waals surface area contributed by atoms with E-state index in [4.69, 9.17) is 4.74 Å². The highest BCUT2D eigenvalue weighted by molar-refractivity contribution is 5.93. The Balaban J connectivity index is 1.40. The summed E-state index contributed by atoms with van der Waals surface area (Å²) in [5.74, 6) is -2.87. The minimum atomic E-state index is -2.87. The molecule has 0 radical (unpaired) electrons. The Morgan fingerprint density at radius 1 is 1.15 bits per heavy atom. The summed E-state index contributed by atoms with van der Waals surface area (Å²) in [6.07, 6.45) is 1.70. The Bertz CT molecular complexity index is 1140. The van der Waals surface area contributed by atoms with Crippen molar-refractivity contribution < 1.29 is 13.5 Å². The highest BCUT2D eigenvalue weighted by Gasteiger charge is 2.30. The van der Waals surface area contributed by atoms with E-state index in [-0.39, 0.29) is 11.6 Å². The van der Waals surface area contributed by atoms with E-state index in [1.807, 2.05) is 19.1 Å². The maximum Gasteiger partial charge on any atom is 0.270 e. The molecule has 0 spiro atoms. The van der Waals surface area contributed by atoms with Crippen LogP contribution in [0, 0.1) is 0 Å². The van der Waals surface area contributed by atoms with Crippen molar-refractivity contribution in [1.29, 1.82) is 0 Å². The number of aromatic nitrogens is 2. The lowest BCUT2D eigenvalue weighted by Crippen LogP contribution is -2.58. The highest BCUT2D eigenvalue weighted by atomic mass is 19.3. The molecule has 0 bridgehead atoms. The average molecular weight is 454 g/mol. The second-order valence-corrected chi connectivity index (χ2v) is 9.05. The molecule has 2 saturated heterocycles. The number of nitrogens with one attached hydrogen (secondary N) is 1. The van der Waals surface area contributed by atoms with Crippen molar-refractivity contribution >= 4 is 22.3 Å². The molecule has 1 N–H and O–H groups in total. The first-order valence-electron chi connectivity index (χ1n) is 11.5. The molecule has 0 amide bonds. The zero-order valence-electron chi connectivity index (χ0n) is 19.0. The Kier molecular flexibility index (Phi) is 5.88. The second kappa shape index (κ2) is 8.83. The standard InChI is InChI=1S/C25H29F2N5O/c1-17(18-4-3-5-19(12-18)25(2,26)27)29-24-14-28-30-23-7-6-20(13-22(23)24)32-9-8-31-10-11-33-16-21(31)15-32/h3-7,12-14,17,21H,8-11,15-16H2,1-2H3,(H,29,30)/t17-,21+/m1/s1. The van der Waals surface area contributed by atoms with E-state index in [0.717, 1.165) is 74.2 Å². The summed E-state index contributed by atoms with van der Waals surface area (Å²) in [5.41, 5.74) is 3.58. The minimum absolute atomic E-state index is 0.0134. The average Bonchev–Trinajstić information content (AvgIpc) is 2.83. The number of morpholine rings is 1. The van der Waals surface area contributed by atoms with Crippen LogP contribution in [0.5, 0.6) is 0 Å². The number of nitrogens with zero attached hydrogens (tertiary/aromatic N) is 4. The van der Waals surface area contributed by atoms with E-state index in [2.05, 4.69) is 37.4 Å². The minimum Gasteiger partial charge on any atom is -0.378 e. The van der Waals surface area contributed by atoms with Gasteiger partial charge in [-0.05, 0) is 36.8 Å². The summed E-state index contributed by atoms with van der Waals surface area (Å²) in [6, 6.07) is 13.0. The zero-order valence-corrected chi connectivity index (χ0v) is 19.0. The summed E-state index contributed by atoms with van der Waals surface area (Å²) in [6.45, 7) is 8.41. The lowest BCUT2D eigenvalue weighted by Gasteiger charge is -2.44. The van der Waals surface area contributed by atoms with Crippen molar-refractivity contribution in [3.8, 4) is 0 Å². The maximum absolute atomic E-state index is 13.8. The largest absolute Gasteiger partial charge is 0.378 e. The van der Waals surface area contributed by atoms with Crippen molar-refractivity contribution in [1.82, 2.24) is 15.1 Å². The number of rotatable bonds is 5. The van der Waals surface area contributed by atoms with Gasteiger partial charge in [0.05, 0.1) is 36.7 Å². The molecule has 33 heavy (non-hydrogen) atoms. The molecule has 2 aliphatic rings. The van der Waals surface area contributed by atoms with Crippen LogP contribution in [-0.4, -0.2) is 60.5 Å². The van der Waals surface area contributed by atoms with Gasteiger partial charge in [0.25, 0.3) is 5.92 Å². The predicted molar refractivity (Wildman–Crippen MR) is 126 cm³/mol. The Morgan fingerprint density at radius 3 is 2.88 bits per heavy atom. The highest BCUT2D eigenvalue weighted by Crippen LogP contribution is 2.32. The third-order valence-corrected chi connectivity index (χ3v) is 6.69. The Morgan fingerprint density at radius 2 is 2.03 bits per heavy atom. The van der Waals surface area contributed by atoms with Crippen molar-refractivity contribution in [2.24, 2.45) is 0 Å². The molecular weight excluding hydrogens is 424 g/mol. The molecule has 2 aliphatic heterocycles. The molecule has 3 aromatic rings. The van der Waals surface area contributed by atoms with Crippen LogP contribution in [0.15, 0.2) is 48.7 Å². The molecule has 2 atom stereocenters.